The fraction of sp³-hybridized carbons (Fsp3) is 0.556. The normalized spacial score (nSPS) is 22.6. The maximum atomic E-state index is 5.68. The van der Waals surface area contributed by atoms with Crippen LogP contribution >= 0.6 is 0 Å². The number of rotatable bonds is 7. The molecule has 0 heterocycles. The Kier molecular flexibility index (Phi) is 5.65. The first-order chi connectivity index (χ1) is 9.31. The molecule has 1 heteroatoms. The second-order valence-corrected chi connectivity index (χ2v) is 5.62. The van der Waals surface area contributed by atoms with Crippen LogP contribution in [0.15, 0.2) is 36.4 Å². The molecule has 0 saturated heterocycles. The molecule has 19 heavy (non-hydrogen) atoms. The summed E-state index contributed by atoms with van der Waals surface area (Å²) in [6, 6.07) is 9.02. The van der Waals surface area contributed by atoms with Gasteiger partial charge in [-0.15, -0.1) is 0 Å². The third-order valence-electron chi connectivity index (χ3n) is 4.13. The van der Waals surface area contributed by atoms with Crippen molar-refractivity contribution in [3.05, 3.63) is 47.5 Å². The zero-order valence-corrected chi connectivity index (χ0v) is 12.3. The van der Waals surface area contributed by atoms with Gasteiger partial charge in [0.25, 0.3) is 0 Å². The van der Waals surface area contributed by atoms with Crippen LogP contribution < -0.4 is 0 Å². The number of hydrogen-bond donors (Lipinski definition) is 0. The molecular formula is C18H26O. The largest absolute Gasteiger partial charge is 0.376 e. The van der Waals surface area contributed by atoms with E-state index < -0.39 is 0 Å². The van der Waals surface area contributed by atoms with E-state index in [0.717, 1.165) is 37.9 Å². The molecule has 1 aromatic rings. The monoisotopic (exact) mass is 258 g/mol. The first kappa shape index (κ1) is 14.3. The van der Waals surface area contributed by atoms with Gasteiger partial charge in [0.1, 0.15) is 0 Å². The molecule has 2 rings (SSSR count). The topological polar surface area (TPSA) is 9.23 Å². The summed E-state index contributed by atoms with van der Waals surface area (Å²) >= 11 is 0. The average Bonchev–Trinajstić information content (AvgIpc) is 2.43. The van der Waals surface area contributed by atoms with E-state index in [0.29, 0.717) is 0 Å². The van der Waals surface area contributed by atoms with Gasteiger partial charge in [0.15, 0.2) is 0 Å². The quantitative estimate of drug-likeness (QED) is 0.490. The molecule has 0 bridgehead atoms. The Bertz CT molecular complexity index is 391. The van der Waals surface area contributed by atoms with Crippen molar-refractivity contribution in [3.63, 3.8) is 0 Å². The van der Waals surface area contributed by atoms with E-state index in [-0.39, 0.29) is 0 Å². The molecule has 0 aromatic heterocycles. The van der Waals surface area contributed by atoms with Crippen LogP contribution in [0, 0.1) is 5.92 Å². The molecule has 0 radical (unpaired) electrons. The Morgan fingerprint density at radius 1 is 1.16 bits per heavy atom. The predicted molar refractivity (Wildman–Crippen MR) is 81.3 cm³/mol. The van der Waals surface area contributed by atoms with E-state index in [1.807, 2.05) is 0 Å². The molecule has 0 amide bonds. The second-order valence-electron chi connectivity index (χ2n) is 5.62. The highest BCUT2D eigenvalue weighted by Gasteiger charge is 2.27. The van der Waals surface area contributed by atoms with E-state index in [1.54, 1.807) is 0 Å². The van der Waals surface area contributed by atoms with Crippen molar-refractivity contribution >= 4 is 0 Å². The van der Waals surface area contributed by atoms with Crippen LogP contribution in [0.4, 0.5) is 0 Å². The molecule has 0 aliphatic heterocycles. The molecule has 0 spiro atoms. The molecule has 1 nitrogen and oxygen atoms in total. The van der Waals surface area contributed by atoms with Gasteiger partial charge < -0.3 is 4.74 Å². The lowest BCUT2D eigenvalue weighted by molar-refractivity contribution is 0.125. The molecule has 1 aliphatic carbocycles. The fourth-order valence-corrected chi connectivity index (χ4v) is 2.65. The van der Waals surface area contributed by atoms with E-state index >= 15 is 0 Å². The summed E-state index contributed by atoms with van der Waals surface area (Å²) in [5.41, 5.74) is 2.79. The van der Waals surface area contributed by atoms with Crippen molar-refractivity contribution < 1.29 is 4.74 Å². The van der Waals surface area contributed by atoms with Crippen molar-refractivity contribution in [1.82, 2.24) is 0 Å². The van der Waals surface area contributed by atoms with Crippen molar-refractivity contribution in [2.45, 2.75) is 52.1 Å². The summed E-state index contributed by atoms with van der Waals surface area (Å²) in [5.74, 6) is 1.67. The van der Waals surface area contributed by atoms with Crippen LogP contribution in [0.25, 0.3) is 0 Å². The fourth-order valence-electron chi connectivity index (χ4n) is 2.65. The van der Waals surface area contributed by atoms with Gasteiger partial charge in [-0.05, 0) is 48.6 Å². The summed E-state index contributed by atoms with van der Waals surface area (Å²) in [7, 11) is 0. The lowest BCUT2D eigenvalue weighted by atomic mass is 9.71. The number of ether oxygens (including phenoxy) is 1. The number of allylic oxidation sites excluding steroid dienone is 1. The third kappa shape index (κ3) is 4.21. The Morgan fingerprint density at radius 2 is 1.95 bits per heavy atom. The minimum atomic E-state index is 0.737. The van der Waals surface area contributed by atoms with Gasteiger partial charge in [0, 0.05) is 0 Å². The van der Waals surface area contributed by atoms with Gasteiger partial charge in [-0.25, -0.2) is 0 Å². The predicted octanol–water partition coefficient (Wildman–Crippen LogP) is 5.07. The highest BCUT2D eigenvalue weighted by molar-refractivity contribution is 5.27. The van der Waals surface area contributed by atoms with Crippen LogP contribution in [0.3, 0.4) is 0 Å². The Labute approximate surface area is 117 Å². The van der Waals surface area contributed by atoms with E-state index in [1.165, 1.54) is 24.0 Å². The number of hydrogen-bond acceptors (Lipinski definition) is 1. The molecular weight excluding hydrogens is 232 g/mol. The molecule has 0 N–H and O–H groups in total. The summed E-state index contributed by atoms with van der Waals surface area (Å²) in [4.78, 5) is 0. The summed E-state index contributed by atoms with van der Waals surface area (Å²) in [6.45, 7) is 6.06. The smallest absolute Gasteiger partial charge is 0.0717 e. The highest BCUT2D eigenvalue weighted by atomic mass is 16.5. The zero-order chi connectivity index (χ0) is 13.5. The van der Waals surface area contributed by atoms with Gasteiger partial charge >= 0.3 is 0 Å². The van der Waals surface area contributed by atoms with Crippen molar-refractivity contribution in [2.24, 2.45) is 5.92 Å². The summed E-state index contributed by atoms with van der Waals surface area (Å²) in [5, 5.41) is 0. The SMILES string of the molecule is CC/C=C\CCOCc1ccc([C@H]2CC[C@@H]2C)cc1. The molecule has 0 unspecified atom stereocenters. The van der Waals surface area contributed by atoms with E-state index in [4.69, 9.17) is 4.74 Å². The molecule has 1 aromatic carbocycles. The van der Waals surface area contributed by atoms with Gasteiger partial charge in [-0.3, -0.25) is 0 Å². The summed E-state index contributed by atoms with van der Waals surface area (Å²) in [6.07, 6.45) is 9.27. The van der Waals surface area contributed by atoms with Crippen LogP contribution in [0.1, 0.15) is 56.6 Å². The zero-order valence-electron chi connectivity index (χ0n) is 12.3. The van der Waals surface area contributed by atoms with Crippen LogP contribution in [-0.2, 0) is 11.3 Å². The first-order valence-electron chi connectivity index (χ1n) is 7.63. The van der Waals surface area contributed by atoms with Crippen LogP contribution in [0.5, 0.6) is 0 Å². The van der Waals surface area contributed by atoms with Gasteiger partial charge in [0.2, 0.25) is 0 Å². The molecule has 1 fully saturated rings. The average molecular weight is 258 g/mol. The Balaban J connectivity index is 1.71. The van der Waals surface area contributed by atoms with Crippen molar-refractivity contribution in [2.75, 3.05) is 6.61 Å². The molecule has 1 aliphatic rings. The first-order valence-corrected chi connectivity index (χ1v) is 7.63. The molecule has 104 valence electrons. The van der Waals surface area contributed by atoms with Crippen molar-refractivity contribution in [1.29, 1.82) is 0 Å². The second kappa shape index (κ2) is 7.49. The molecule has 1 saturated carbocycles. The van der Waals surface area contributed by atoms with E-state index in [9.17, 15) is 0 Å². The number of benzene rings is 1. The Morgan fingerprint density at radius 3 is 2.53 bits per heavy atom. The Hall–Kier alpha value is -1.08. The minimum Gasteiger partial charge on any atom is -0.376 e. The standard InChI is InChI=1S/C18H26O/c1-3-4-5-6-13-19-14-16-8-10-17(11-9-16)18-12-7-15(18)2/h4-5,8-11,15,18H,3,6-7,12-14H2,1-2H3/b5-4-/t15-,18-/m0/s1. The van der Waals surface area contributed by atoms with Crippen LogP contribution in [-0.4, -0.2) is 6.61 Å². The van der Waals surface area contributed by atoms with Gasteiger partial charge in [0.05, 0.1) is 13.2 Å². The van der Waals surface area contributed by atoms with Gasteiger partial charge in [-0.1, -0.05) is 50.3 Å². The van der Waals surface area contributed by atoms with Gasteiger partial charge in [-0.2, -0.15) is 0 Å². The summed E-state index contributed by atoms with van der Waals surface area (Å²) < 4.78 is 5.68. The maximum Gasteiger partial charge on any atom is 0.0717 e. The minimum absolute atomic E-state index is 0.737. The lowest BCUT2D eigenvalue weighted by Gasteiger charge is -2.34. The molecule has 2 atom stereocenters. The van der Waals surface area contributed by atoms with E-state index in [2.05, 4.69) is 50.3 Å². The van der Waals surface area contributed by atoms with Crippen LogP contribution in [0.2, 0.25) is 0 Å². The third-order valence-corrected chi connectivity index (χ3v) is 4.13. The highest BCUT2D eigenvalue weighted by Crippen LogP contribution is 2.41. The van der Waals surface area contributed by atoms with Crippen molar-refractivity contribution in [3.8, 4) is 0 Å². The maximum absolute atomic E-state index is 5.68. The lowest BCUT2D eigenvalue weighted by Crippen LogP contribution is -2.20.